The molecule has 1 aromatic heterocycles. The molecule has 0 aliphatic carbocycles. The van der Waals surface area contributed by atoms with Crippen molar-refractivity contribution in [1.82, 2.24) is 19.7 Å². The van der Waals surface area contributed by atoms with Gasteiger partial charge in [-0.05, 0) is 15.9 Å². The first-order valence-electron chi connectivity index (χ1n) is 4.56. The zero-order valence-corrected chi connectivity index (χ0v) is 12.4. The van der Waals surface area contributed by atoms with E-state index in [2.05, 4.69) is 31.0 Å². The smallest absolute Gasteiger partial charge is 0.260 e. The largest absolute Gasteiger partial charge is 0.383 e. The fraction of sp³-hybridized carbons (Fsp3) is 0.714. The van der Waals surface area contributed by atoms with Gasteiger partial charge < -0.3 is 4.74 Å². The van der Waals surface area contributed by atoms with Crippen LogP contribution in [0.25, 0.3) is 0 Å². The Labute approximate surface area is 113 Å². The number of nitrogens with one attached hydrogen (secondary N) is 1. The van der Waals surface area contributed by atoms with Gasteiger partial charge in [0.1, 0.15) is 0 Å². The molecular formula is C7H12BrClN4O3S. The van der Waals surface area contributed by atoms with Crippen molar-refractivity contribution in [2.45, 2.75) is 10.4 Å². The van der Waals surface area contributed by atoms with Crippen molar-refractivity contribution >= 4 is 37.6 Å². The quantitative estimate of drug-likeness (QED) is 0.738. The van der Waals surface area contributed by atoms with Crippen molar-refractivity contribution in [1.29, 1.82) is 0 Å². The first kappa shape index (κ1) is 14.8. The lowest BCUT2D eigenvalue weighted by Crippen LogP contribution is -2.33. The number of hydrogen-bond acceptors (Lipinski definition) is 5. The van der Waals surface area contributed by atoms with Crippen LogP contribution in [0.2, 0.25) is 0 Å². The van der Waals surface area contributed by atoms with Crippen LogP contribution in [0.4, 0.5) is 0 Å². The van der Waals surface area contributed by atoms with Crippen molar-refractivity contribution in [3.8, 4) is 0 Å². The van der Waals surface area contributed by atoms with Gasteiger partial charge in [-0.1, -0.05) is 5.21 Å². The average molecular weight is 348 g/mol. The minimum atomic E-state index is -3.69. The maximum absolute atomic E-state index is 11.9. The highest BCUT2D eigenvalue weighted by Crippen LogP contribution is 2.17. The van der Waals surface area contributed by atoms with E-state index in [1.165, 1.54) is 14.2 Å². The topological polar surface area (TPSA) is 86.1 Å². The van der Waals surface area contributed by atoms with E-state index < -0.39 is 15.4 Å². The zero-order valence-electron chi connectivity index (χ0n) is 9.22. The SMILES string of the molecule is COCC(Cl)CNS(=O)(=O)c1c(Br)nnn1C. The second-order valence-electron chi connectivity index (χ2n) is 3.21. The van der Waals surface area contributed by atoms with Gasteiger partial charge in [0.25, 0.3) is 10.0 Å². The molecule has 0 amide bonds. The molecule has 0 saturated carbocycles. The van der Waals surface area contributed by atoms with Crippen LogP contribution >= 0.6 is 27.5 Å². The number of halogens is 2. The zero-order chi connectivity index (χ0) is 13.1. The van der Waals surface area contributed by atoms with Gasteiger partial charge >= 0.3 is 0 Å². The third-order valence-electron chi connectivity index (χ3n) is 1.83. The monoisotopic (exact) mass is 346 g/mol. The highest BCUT2D eigenvalue weighted by atomic mass is 79.9. The molecule has 98 valence electrons. The molecule has 0 fully saturated rings. The van der Waals surface area contributed by atoms with E-state index in [9.17, 15) is 8.42 Å². The summed E-state index contributed by atoms with van der Waals surface area (Å²) in [6.07, 6.45) is 0. The summed E-state index contributed by atoms with van der Waals surface area (Å²) in [4.78, 5) is 0. The van der Waals surface area contributed by atoms with Crippen molar-refractivity contribution in [2.75, 3.05) is 20.3 Å². The van der Waals surface area contributed by atoms with Crippen LogP contribution in [-0.2, 0) is 21.8 Å². The Bertz CT molecular complexity index is 458. The average Bonchev–Trinajstić information content (AvgIpc) is 2.57. The fourth-order valence-electron chi connectivity index (χ4n) is 1.12. The second-order valence-corrected chi connectivity index (χ2v) is 6.26. The number of hydrogen-bond donors (Lipinski definition) is 1. The van der Waals surface area contributed by atoms with Crippen LogP contribution in [0.5, 0.6) is 0 Å². The Kier molecular flexibility index (Phi) is 5.32. The molecule has 0 radical (unpaired) electrons. The molecule has 10 heteroatoms. The maximum atomic E-state index is 11.9. The Morgan fingerprint density at radius 3 is 2.76 bits per heavy atom. The van der Waals surface area contributed by atoms with E-state index in [-0.39, 0.29) is 22.8 Å². The third kappa shape index (κ3) is 3.88. The molecule has 17 heavy (non-hydrogen) atoms. The molecule has 7 nitrogen and oxygen atoms in total. The maximum Gasteiger partial charge on any atom is 0.260 e. The van der Waals surface area contributed by atoms with Crippen molar-refractivity contribution in [3.63, 3.8) is 0 Å². The molecule has 1 rings (SSSR count). The number of rotatable bonds is 6. The molecule has 1 heterocycles. The number of aromatic nitrogens is 3. The van der Waals surface area contributed by atoms with Crippen LogP contribution in [-0.4, -0.2) is 49.1 Å². The van der Waals surface area contributed by atoms with E-state index in [4.69, 9.17) is 16.3 Å². The molecule has 0 bridgehead atoms. The highest BCUT2D eigenvalue weighted by Gasteiger charge is 2.24. The van der Waals surface area contributed by atoms with E-state index >= 15 is 0 Å². The summed E-state index contributed by atoms with van der Waals surface area (Å²) >= 11 is 8.85. The first-order valence-corrected chi connectivity index (χ1v) is 7.27. The van der Waals surface area contributed by atoms with Gasteiger partial charge in [-0.3, -0.25) is 0 Å². The summed E-state index contributed by atoms with van der Waals surface area (Å²) in [5.41, 5.74) is 0. The molecule has 1 aromatic rings. The van der Waals surface area contributed by atoms with E-state index in [1.807, 2.05) is 0 Å². The number of methoxy groups -OCH3 is 1. The van der Waals surface area contributed by atoms with Crippen molar-refractivity contribution < 1.29 is 13.2 Å². The Balaban J connectivity index is 2.76. The lowest BCUT2D eigenvalue weighted by Gasteiger charge is -2.10. The molecule has 1 atom stereocenters. The van der Waals surface area contributed by atoms with Gasteiger partial charge in [0.05, 0.1) is 12.0 Å². The Hall–Kier alpha value is -0.220. The number of nitrogens with zero attached hydrogens (tertiary/aromatic N) is 3. The minimum absolute atomic E-state index is 0.0428. The summed E-state index contributed by atoms with van der Waals surface area (Å²) in [5.74, 6) is 0. The van der Waals surface area contributed by atoms with Crippen molar-refractivity contribution in [3.05, 3.63) is 4.60 Å². The standard InChI is InChI=1S/C7H12BrClN4O3S/c1-13-7(6(8)11-12-13)17(14,15)10-3-5(9)4-16-2/h5,10H,3-4H2,1-2H3. The molecule has 1 N–H and O–H groups in total. The molecule has 1 unspecified atom stereocenters. The minimum Gasteiger partial charge on any atom is -0.383 e. The van der Waals surface area contributed by atoms with Crippen LogP contribution in [0, 0.1) is 0 Å². The van der Waals surface area contributed by atoms with Crippen LogP contribution < -0.4 is 4.72 Å². The molecule has 0 spiro atoms. The summed E-state index contributed by atoms with van der Waals surface area (Å²) in [6, 6.07) is 0. The summed E-state index contributed by atoms with van der Waals surface area (Å²) in [5, 5.41) is 6.71. The van der Waals surface area contributed by atoms with Crippen molar-refractivity contribution in [2.24, 2.45) is 7.05 Å². The third-order valence-corrected chi connectivity index (χ3v) is 4.42. The van der Waals surface area contributed by atoms with Gasteiger partial charge in [0.2, 0.25) is 5.03 Å². The van der Waals surface area contributed by atoms with Gasteiger partial charge in [-0.2, -0.15) is 0 Å². The second kappa shape index (κ2) is 6.10. The van der Waals surface area contributed by atoms with Crippen LogP contribution in [0.3, 0.4) is 0 Å². The number of ether oxygens (including phenoxy) is 1. The predicted molar refractivity (Wildman–Crippen MR) is 65.4 cm³/mol. The lowest BCUT2D eigenvalue weighted by molar-refractivity contribution is 0.198. The molecule has 0 aromatic carbocycles. The number of aryl methyl sites for hydroxylation is 1. The van der Waals surface area contributed by atoms with Gasteiger partial charge in [0, 0.05) is 20.7 Å². The number of sulfonamides is 1. The van der Waals surface area contributed by atoms with E-state index in [1.54, 1.807) is 0 Å². The number of alkyl halides is 1. The molecule has 0 aliphatic heterocycles. The van der Waals surface area contributed by atoms with Crippen LogP contribution in [0.15, 0.2) is 9.63 Å². The predicted octanol–water partition coefficient (Wildman–Crippen LogP) is 0.110. The fourth-order valence-corrected chi connectivity index (χ4v) is 3.58. The Morgan fingerprint density at radius 2 is 2.29 bits per heavy atom. The molecule has 0 aliphatic rings. The lowest BCUT2D eigenvalue weighted by atomic mass is 10.5. The molecule has 0 saturated heterocycles. The van der Waals surface area contributed by atoms with E-state index in [0.29, 0.717) is 0 Å². The van der Waals surface area contributed by atoms with Gasteiger partial charge in [0.15, 0.2) is 4.60 Å². The van der Waals surface area contributed by atoms with E-state index in [0.717, 1.165) is 4.68 Å². The highest BCUT2D eigenvalue weighted by molar-refractivity contribution is 9.10. The summed E-state index contributed by atoms with van der Waals surface area (Å²) < 4.78 is 32.3. The van der Waals surface area contributed by atoms with Crippen LogP contribution in [0.1, 0.15) is 0 Å². The first-order chi connectivity index (χ1) is 7.88. The summed E-state index contributed by atoms with van der Waals surface area (Å²) in [7, 11) is -0.713. The normalized spacial score (nSPS) is 13.9. The molecular weight excluding hydrogens is 336 g/mol. The summed E-state index contributed by atoms with van der Waals surface area (Å²) in [6.45, 7) is 0.324. The van der Waals surface area contributed by atoms with Gasteiger partial charge in [-0.25, -0.2) is 17.8 Å². The Morgan fingerprint density at radius 1 is 1.65 bits per heavy atom. The van der Waals surface area contributed by atoms with Gasteiger partial charge in [-0.15, -0.1) is 16.7 Å².